The molecule has 0 saturated heterocycles. The van der Waals surface area contributed by atoms with Crippen molar-refractivity contribution in [3.63, 3.8) is 0 Å². The van der Waals surface area contributed by atoms with Crippen molar-refractivity contribution in [2.75, 3.05) is 12.8 Å². The Morgan fingerprint density at radius 2 is 2.29 bits per heavy atom. The molecule has 2 N–H and O–H groups in total. The highest BCUT2D eigenvalue weighted by atomic mass is 32.2. The van der Waals surface area contributed by atoms with E-state index in [0.717, 1.165) is 18.1 Å². The standard InChI is InChI=1S/C10H16N4O2S/c1-3-5-14-6-4-12-10(14)17-7-8(15)13-9(16)11-2/h4,6H,3,5,7H2,1-2H3,(H2,11,13,15,16). The Morgan fingerprint density at radius 3 is 2.94 bits per heavy atom. The Bertz CT molecular complexity index is 391. The number of imidazole rings is 1. The van der Waals surface area contributed by atoms with Crippen molar-refractivity contribution in [1.82, 2.24) is 20.2 Å². The molecule has 1 aromatic heterocycles. The predicted molar refractivity (Wildman–Crippen MR) is 65.8 cm³/mol. The summed E-state index contributed by atoms with van der Waals surface area (Å²) in [7, 11) is 1.46. The summed E-state index contributed by atoms with van der Waals surface area (Å²) >= 11 is 1.31. The van der Waals surface area contributed by atoms with Gasteiger partial charge in [0, 0.05) is 26.0 Å². The average Bonchev–Trinajstić information content (AvgIpc) is 2.74. The van der Waals surface area contributed by atoms with E-state index < -0.39 is 6.03 Å². The minimum Gasteiger partial charge on any atom is -0.341 e. The van der Waals surface area contributed by atoms with E-state index in [1.165, 1.54) is 18.8 Å². The molecule has 1 heterocycles. The molecule has 0 aliphatic rings. The smallest absolute Gasteiger partial charge is 0.321 e. The van der Waals surface area contributed by atoms with Crippen molar-refractivity contribution >= 4 is 23.7 Å². The third-order valence-electron chi connectivity index (χ3n) is 1.95. The number of carbonyl (C=O) groups is 2. The van der Waals surface area contributed by atoms with Crippen LogP contribution in [0.5, 0.6) is 0 Å². The van der Waals surface area contributed by atoms with Gasteiger partial charge in [-0.05, 0) is 6.42 Å². The van der Waals surface area contributed by atoms with Crippen LogP contribution in [0.1, 0.15) is 13.3 Å². The highest BCUT2D eigenvalue weighted by molar-refractivity contribution is 7.99. The number of thioether (sulfide) groups is 1. The highest BCUT2D eigenvalue weighted by Crippen LogP contribution is 2.15. The van der Waals surface area contributed by atoms with Crippen LogP contribution in [0, 0.1) is 0 Å². The zero-order valence-corrected chi connectivity index (χ0v) is 10.7. The van der Waals surface area contributed by atoms with E-state index in [1.54, 1.807) is 6.20 Å². The van der Waals surface area contributed by atoms with E-state index in [-0.39, 0.29) is 11.7 Å². The zero-order valence-electron chi connectivity index (χ0n) is 9.90. The van der Waals surface area contributed by atoms with E-state index in [0.29, 0.717) is 0 Å². The third-order valence-corrected chi connectivity index (χ3v) is 2.96. The van der Waals surface area contributed by atoms with Crippen LogP contribution in [-0.2, 0) is 11.3 Å². The summed E-state index contributed by atoms with van der Waals surface area (Å²) in [4.78, 5) is 26.4. The lowest BCUT2D eigenvalue weighted by atomic mass is 10.5. The van der Waals surface area contributed by atoms with E-state index in [1.807, 2.05) is 10.8 Å². The van der Waals surface area contributed by atoms with Gasteiger partial charge in [-0.15, -0.1) is 0 Å². The molecule has 0 bridgehead atoms. The molecule has 0 radical (unpaired) electrons. The first kappa shape index (κ1) is 13.6. The number of nitrogens with one attached hydrogen (secondary N) is 2. The lowest BCUT2D eigenvalue weighted by molar-refractivity contribution is -0.117. The second-order valence-corrected chi connectivity index (χ2v) is 4.26. The van der Waals surface area contributed by atoms with Crippen molar-refractivity contribution in [2.45, 2.75) is 25.0 Å². The average molecular weight is 256 g/mol. The van der Waals surface area contributed by atoms with Crippen LogP contribution in [0.25, 0.3) is 0 Å². The first-order valence-corrected chi connectivity index (χ1v) is 6.31. The molecule has 0 aliphatic heterocycles. The first-order chi connectivity index (χ1) is 8.17. The molecule has 0 fully saturated rings. The molecule has 94 valence electrons. The summed E-state index contributed by atoms with van der Waals surface area (Å²) in [6.45, 7) is 2.95. The Kier molecular flexibility index (Phi) is 5.55. The maximum absolute atomic E-state index is 11.3. The molecule has 3 amide bonds. The summed E-state index contributed by atoms with van der Waals surface area (Å²) in [5.41, 5.74) is 0. The maximum Gasteiger partial charge on any atom is 0.321 e. The topological polar surface area (TPSA) is 76.0 Å². The van der Waals surface area contributed by atoms with E-state index >= 15 is 0 Å². The molecule has 1 aromatic rings. The summed E-state index contributed by atoms with van der Waals surface area (Å²) in [6.07, 6.45) is 4.59. The van der Waals surface area contributed by atoms with Gasteiger partial charge in [-0.3, -0.25) is 10.1 Å². The minimum absolute atomic E-state index is 0.175. The highest BCUT2D eigenvalue weighted by Gasteiger charge is 2.09. The van der Waals surface area contributed by atoms with Gasteiger partial charge in [-0.2, -0.15) is 0 Å². The maximum atomic E-state index is 11.3. The number of carbonyl (C=O) groups excluding carboxylic acids is 2. The van der Waals surface area contributed by atoms with Crippen molar-refractivity contribution in [3.05, 3.63) is 12.4 Å². The largest absolute Gasteiger partial charge is 0.341 e. The van der Waals surface area contributed by atoms with Crippen LogP contribution in [-0.4, -0.2) is 34.3 Å². The Balaban J connectivity index is 2.41. The van der Waals surface area contributed by atoms with Crippen LogP contribution >= 0.6 is 11.8 Å². The number of hydrogen-bond donors (Lipinski definition) is 2. The lowest BCUT2D eigenvalue weighted by Gasteiger charge is -2.05. The van der Waals surface area contributed by atoms with Crippen molar-refractivity contribution < 1.29 is 9.59 Å². The number of amides is 3. The van der Waals surface area contributed by atoms with Gasteiger partial charge in [0.05, 0.1) is 5.75 Å². The van der Waals surface area contributed by atoms with Crippen molar-refractivity contribution in [2.24, 2.45) is 0 Å². The van der Waals surface area contributed by atoms with Gasteiger partial charge < -0.3 is 9.88 Å². The Hall–Kier alpha value is -1.50. The lowest BCUT2D eigenvalue weighted by Crippen LogP contribution is -2.38. The number of aryl methyl sites for hydroxylation is 1. The van der Waals surface area contributed by atoms with E-state index in [9.17, 15) is 9.59 Å². The molecule has 1 rings (SSSR count). The molecule has 7 heteroatoms. The third kappa shape index (κ3) is 4.48. The molecule has 17 heavy (non-hydrogen) atoms. The van der Waals surface area contributed by atoms with Crippen LogP contribution in [0.4, 0.5) is 4.79 Å². The number of urea groups is 1. The molecule has 0 aliphatic carbocycles. The fraction of sp³-hybridized carbons (Fsp3) is 0.500. The molecule has 6 nitrogen and oxygen atoms in total. The van der Waals surface area contributed by atoms with Gasteiger partial charge in [0.25, 0.3) is 0 Å². The van der Waals surface area contributed by atoms with Crippen molar-refractivity contribution in [1.29, 1.82) is 0 Å². The number of nitrogens with zero attached hydrogens (tertiary/aromatic N) is 2. The monoisotopic (exact) mass is 256 g/mol. The second-order valence-electron chi connectivity index (χ2n) is 3.32. The summed E-state index contributed by atoms with van der Waals surface area (Å²) < 4.78 is 1.98. The van der Waals surface area contributed by atoms with Gasteiger partial charge in [0.2, 0.25) is 5.91 Å². The van der Waals surface area contributed by atoms with Crippen LogP contribution in [0.15, 0.2) is 17.6 Å². The molecule has 0 unspecified atom stereocenters. The summed E-state index contributed by atoms with van der Waals surface area (Å²) in [6, 6.07) is -0.493. The first-order valence-electron chi connectivity index (χ1n) is 5.32. The Labute approximate surface area is 104 Å². The number of hydrogen-bond acceptors (Lipinski definition) is 4. The fourth-order valence-corrected chi connectivity index (χ4v) is 1.99. The quantitative estimate of drug-likeness (QED) is 0.765. The van der Waals surface area contributed by atoms with Gasteiger partial charge in [0.15, 0.2) is 5.16 Å². The van der Waals surface area contributed by atoms with Gasteiger partial charge >= 0.3 is 6.03 Å². The number of imide groups is 1. The predicted octanol–water partition coefficient (Wildman–Crippen LogP) is 0.841. The summed E-state index contributed by atoms with van der Waals surface area (Å²) in [5.74, 6) is -0.158. The second kappa shape index (κ2) is 6.95. The molecule has 0 saturated carbocycles. The van der Waals surface area contributed by atoms with Crippen LogP contribution in [0.3, 0.4) is 0 Å². The molecular weight excluding hydrogens is 240 g/mol. The molecule has 0 atom stereocenters. The molecule has 0 aromatic carbocycles. The van der Waals surface area contributed by atoms with Gasteiger partial charge in [-0.25, -0.2) is 9.78 Å². The minimum atomic E-state index is -0.493. The number of aromatic nitrogens is 2. The Morgan fingerprint density at radius 1 is 1.53 bits per heavy atom. The van der Waals surface area contributed by atoms with Gasteiger partial charge in [0.1, 0.15) is 0 Å². The number of rotatable bonds is 5. The van der Waals surface area contributed by atoms with Crippen LogP contribution < -0.4 is 10.6 Å². The van der Waals surface area contributed by atoms with Crippen LogP contribution in [0.2, 0.25) is 0 Å². The van der Waals surface area contributed by atoms with Crippen molar-refractivity contribution in [3.8, 4) is 0 Å². The van der Waals surface area contributed by atoms with E-state index in [2.05, 4.69) is 22.5 Å². The zero-order chi connectivity index (χ0) is 12.7. The van der Waals surface area contributed by atoms with Gasteiger partial charge in [-0.1, -0.05) is 18.7 Å². The SMILES string of the molecule is CCCn1ccnc1SCC(=O)NC(=O)NC. The van der Waals surface area contributed by atoms with E-state index in [4.69, 9.17) is 0 Å². The fourth-order valence-electron chi connectivity index (χ4n) is 1.20. The molecule has 0 spiro atoms. The molecular formula is C10H16N4O2S. The normalized spacial score (nSPS) is 10.0. The summed E-state index contributed by atoms with van der Waals surface area (Å²) in [5, 5.41) is 5.31.